The quantitative estimate of drug-likeness (QED) is 0.0261. The summed E-state index contributed by atoms with van der Waals surface area (Å²) in [6, 6.07) is 0. The van der Waals surface area contributed by atoms with E-state index in [-0.39, 0.29) is 37.5 Å². The van der Waals surface area contributed by atoms with Crippen molar-refractivity contribution in [2.75, 3.05) is 13.2 Å². The van der Waals surface area contributed by atoms with Crippen molar-refractivity contribution in [3.05, 3.63) is 97.2 Å². The van der Waals surface area contributed by atoms with Gasteiger partial charge in [0.2, 0.25) is 0 Å². The van der Waals surface area contributed by atoms with E-state index in [1.807, 2.05) is 0 Å². The van der Waals surface area contributed by atoms with Gasteiger partial charge in [0.15, 0.2) is 6.10 Å². The molecule has 0 bridgehead atoms. The minimum absolute atomic E-state index is 0.0977. The van der Waals surface area contributed by atoms with Gasteiger partial charge in [0, 0.05) is 19.3 Å². The Balaban J connectivity index is 4.25. The van der Waals surface area contributed by atoms with Gasteiger partial charge in [-0.2, -0.15) is 0 Å². The molecule has 83 heavy (non-hydrogen) atoms. The topological polar surface area (TPSA) is 78.9 Å². The molecule has 0 amide bonds. The van der Waals surface area contributed by atoms with Crippen molar-refractivity contribution < 1.29 is 28.6 Å². The van der Waals surface area contributed by atoms with Gasteiger partial charge in [-0.3, -0.25) is 14.4 Å². The average molecular weight is 1160 g/mol. The SMILES string of the molecule is CC/C=C\C/C=C\C/C=C\C/C=C\C/C=C\C/C=C\CCCCC(=O)OC(COC(=O)CCCCCCC/C=C\C/C=C\CCC)COC(=O)CCCCCCCCCCCCCCCCCCCCCCCCCCCCCCCCC. The van der Waals surface area contributed by atoms with Gasteiger partial charge >= 0.3 is 17.9 Å². The third kappa shape index (κ3) is 69.0. The molecular formula is C77H134O6. The summed E-state index contributed by atoms with van der Waals surface area (Å²) >= 11 is 0. The number of esters is 3. The summed E-state index contributed by atoms with van der Waals surface area (Å²) in [5, 5.41) is 0. The highest BCUT2D eigenvalue weighted by Crippen LogP contribution is 2.18. The fourth-order valence-electron chi connectivity index (χ4n) is 10.3. The molecule has 1 atom stereocenters. The van der Waals surface area contributed by atoms with Crippen molar-refractivity contribution in [2.24, 2.45) is 0 Å². The van der Waals surface area contributed by atoms with E-state index in [0.717, 1.165) is 122 Å². The molecule has 6 nitrogen and oxygen atoms in total. The van der Waals surface area contributed by atoms with Crippen molar-refractivity contribution >= 4 is 17.9 Å². The Morgan fingerprint density at radius 1 is 0.253 bits per heavy atom. The summed E-state index contributed by atoms with van der Waals surface area (Å²) < 4.78 is 16.9. The molecule has 0 saturated carbocycles. The fourth-order valence-corrected chi connectivity index (χ4v) is 10.3. The summed E-state index contributed by atoms with van der Waals surface area (Å²) in [5.41, 5.74) is 0. The second-order valence-electron chi connectivity index (χ2n) is 23.8. The molecule has 0 saturated heterocycles. The molecular weight excluding hydrogens is 1020 g/mol. The lowest BCUT2D eigenvalue weighted by molar-refractivity contribution is -0.167. The molecule has 0 heterocycles. The predicted octanol–water partition coefficient (Wildman–Crippen LogP) is 24.8. The van der Waals surface area contributed by atoms with Crippen molar-refractivity contribution in [1.82, 2.24) is 0 Å². The standard InChI is InChI=1S/C77H134O6/c1-4-7-10-13-16-19-22-25-27-29-31-33-34-35-36-37-38-39-40-41-42-44-45-47-49-52-55-58-61-64-67-70-76(79)82-73-74(72-81-75(78)69-66-63-60-57-54-51-24-21-18-15-12-9-6-3)83-77(80)71-68-65-62-59-56-53-50-48-46-43-32-30-28-26-23-20-17-14-11-8-5-2/h8,11-12,15,17,20-21,24,26,28,32,43,48,50,56,59,74H,4-7,9-10,13-14,16,18-19,22-23,25,27,29-31,33-42,44-47,49,51-55,57-58,60-73H2,1-3H3/b11-8-,15-12-,20-17-,24-21-,28-26-,43-32-,50-48-,59-56-. The van der Waals surface area contributed by atoms with Crippen LogP contribution in [0.1, 0.15) is 355 Å². The number of hydrogen-bond acceptors (Lipinski definition) is 6. The summed E-state index contributed by atoms with van der Waals surface area (Å²) in [6.07, 6.45) is 96.0. The van der Waals surface area contributed by atoms with Crippen molar-refractivity contribution in [2.45, 2.75) is 361 Å². The van der Waals surface area contributed by atoms with Gasteiger partial charge in [0.05, 0.1) is 0 Å². The highest BCUT2D eigenvalue weighted by Gasteiger charge is 2.19. The Kier molecular flexibility index (Phi) is 67.7. The van der Waals surface area contributed by atoms with Crippen molar-refractivity contribution in [3.63, 3.8) is 0 Å². The number of unbranched alkanes of at least 4 members (excludes halogenated alkanes) is 38. The van der Waals surface area contributed by atoms with Gasteiger partial charge in [-0.15, -0.1) is 0 Å². The highest BCUT2D eigenvalue weighted by atomic mass is 16.6. The maximum atomic E-state index is 12.9. The molecule has 0 spiro atoms. The Morgan fingerprint density at radius 2 is 0.494 bits per heavy atom. The first-order valence-electron chi connectivity index (χ1n) is 35.7. The summed E-state index contributed by atoms with van der Waals surface area (Å²) in [4.78, 5) is 38.4. The van der Waals surface area contributed by atoms with E-state index < -0.39 is 6.10 Å². The van der Waals surface area contributed by atoms with Gasteiger partial charge in [0.1, 0.15) is 13.2 Å². The van der Waals surface area contributed by atoms with Gasteiger partial charge in [0.25, 0.3) is 0 Å². The minimum atomic E-state index is -0.808. The van der Waals surface area contributed by atoms with E-state index in [4.69, 9.17) is 14.2 Å². The highest BCUT2D eigenvalue weighted by molar-refractivity contribution is 5.71. The van der Waals surface area contributed by atoms with Crippen LogP contribution < -0.4 is 0 Å². The van der Waals surface area contributed by atoms with Gasteiger partial charge < -0.3 is 14.2 Å². The Bertz CT molecular complexity index is 1610. The Labute approximate surface area is 515 Å². The van der Waals surface area contributed by atoms with Crippen molar-refractivity contribution in [3.8, 4) is 0 Å². The van der Waals surface area contributed by atoms with Crippen LogP contribution in [0.2, 0.25) is 0 Å². The number of hydrogen-bond donors (Lipinski definition) is 0. The third-order valence-electron chi connectivity index (χ3n) is 15.6. The molecule has 0 fully saturated rings. The first-order valence-corrected chi connectivity index (χ1v) is 35.7. The lowest BCUT2D eigenvalue weighted by Crippen LogP contribution is -2.30. The monoisotopic (exact) mass is 1160 g/mol. The zero-order chi connectivity index (χ0) is 59.9. The molecule has 0 aromatic rings. The predicted molar refractivity (Wildman–Crippen MR) is 362 cm³/mol. The molecule has 478 valence electrons. The van der Waals surface area contributed by atoms with Crippen LogP contribution in [0.15, 0.2) is 97.2 Å². The molecule has 0 radical (unpaired) electrons. The number of rotatable bonds is 65. The third-order valence-corrected chi connectivity index (χ3v) is 15.6. The van der Waals surface area contributed by atoms with E-state index in [0.29, 0.717) is 19.3 Å². The Morgan fingerprint density at radius 3 is 0.807 bits per heavy atom. The zero-order valence-electron chi connectivity index (χ0n) is 54.9. The van der Waals surface area contributed by atoms with E-state index in [1.165, 1.54) is 186 Å². The van der Waals surface area contributed by atoms with E-state index in [2.05, 4.69) is 118 Å². The number of carbonyl (C=O) groups excluding carboxylic acids is 3. The molecule has 0 rings (SSSR count). The normalized spacial score (nSPS) is 12.7. The van der Waals surface area contributed by atoms with E-state index in [9.17, 15) is 14.4 Å². The molecule has 0 aliphatic heterocycles. The summed E-state index contributed by atoms with van der Waals surface area (Å²) in [7, 11) is 0. The van der Waals surface area contributed by atoms with Gasteiger partial charge in [-0.05, 0) is 96.3 Å². The zero-order valence-corrected chi connectivity index (χ0v) is 54.9. The Hall–Kier alpha value is -3.67. The van der Waals surface area contributed by atoms with Crippen LogP contribution >= 0.6 is 0 Å². The molecule has 0 aromatic heterocycles. The van der Waals surface area contributed by atoms with Crippen LogP contribution in [0, 0.1) is 0 Å². The minimum Gasteiger partial charge on any atom is -0.462 e. The number of allylic oxidation sites excluding steroid dienone is 16. The maximum Gasteiger partial charge on any atom is 0.306 e. The second kappa shape index (κ2) is 70.8. The maximum absolute atomic E-state index is 12.9. The number of ether oxygens (including phenoxy) is 3. The van der Waals surface area contributed by atoms with Gasteiger partial charge in [-0.1, -0.05) is 336 Å². The van der Waals surface area contributed by atoms with Gasteiger partial charge in [-0.25, -0.2) is 0 Å². The van der Waals surface area contributed by atoms with Crippen LogP contribution in [-0.2, 0) is 28.6 Å². The lowest BCUT2D eigenvalue weighted by Gasteiger charge is -2.18. The smallest absolute Gasteiger partial charge is 0.306 e. The number of carbonyl (C=O) groups is 3. The van der Waals surface area contributed by atoms with Crippen LogP contribution in [0.4, 0.5) is 0 Å². The first-order chi connectivity index (χ1) is 41.0. The molecule has 0 aromatic carbocycles. The molecule has 0 aliphatic carbocycles. The second-order valence-corrected chi connectivity index (χ2v) is 23.8. The average Bonchev–Trinajstić information content (AvgIpc) is 3.49. The fraction of sp³-hybridized carbons (Fsp3) is 0.753. The van der Waals surface area contributed by atoms with E-state index >= 15 is 0 Å². The summed E-state index contributed by atoms with van der Waals surface area (Å²) in [5.74, 6) is -0.943. The van der Waals surface area contributed by atoms with Crippen LogP contribution in [0.3, 0.4) is 0 Å². The van der Waals surface area contributed by atoms with E-state index in [1.54, 1.807) is 0 Å². The van der Waals surface area contributed by atoms with Crippen LogP contribution in [0.5, 0.6) is 0 Å². The molecule has 6 heteroatoms. The first kappa shape index (κ1) is 79.3. The molecule has 0 aliphatic rings. The van der Waals surface area contributed by atoms with Crippen LogP contribution in [-0.4, -0.2) is 37.2 Å². The van der Waals surface area contributed by atoms with Crippen molar-refractivity contribution in [1.29, 1.82) is 0 Å². The van der Waals surface area contributed by atoms with Crippen LogP contribution in [0.25, 0.3) is 0 Å². The largest absolute Gasteiger partial charge is 0.462 e. The lowest BCUT2D eigenvalue weighted by atomic mass is 10.0. The molecule has 1 unspecified atom stereocenters. The molecule has 0 N–H and O–H groups in total. The summed E-state index contributed by atoms with van der Waals surface area (Å²) in [6.45, 7) is 6.46.